The van der Waals surface area contributed by atoms with Gasteiger partial charge in [0.25, 0.3) is 5.91 Å². The molecule has 2 aromatic heterocycles. The van der Waals surface area contributed by atoms with Gasteiger partial charge in [0, 0.05) is 31.1 Å². The molecule has 1 aliphatic carbocycles. The standard InChI is InChI=1S/C14H17N5O2/c1-8-12(18-21-17-8)14(20)19-6-4-10-11(5-7-19)15-16-13(10)9-2-3-9/h9H,2-7H2,1H3,(H,15,16). The first kappa shape index (κ1) is 12.6. The number of carbonyl (C=O) groups is 1. The summed E-state index contributed by atoms with van der Waals surface area (Å²) in [7, 11) is 0. The largest absolute Gasteiger partial charge is 0.336 e. The molecule has 1 saturated carbocycles. The summed E-state index contributed by atoms with van der Waals surface area (Å²) in [6.07, 6.45) is 4.15. The molecule has 0 atom stereocenters. The number of amides is 1. The second-order valence-corrected chi connectivity index (χ2v) is 5.83. The van der Waals surface area contributed by atoms with Crippen LogP contribution in [0.1, 0.15) is 51.9 Å². The van der Waals surface area contributed by atoms with Crippen molar-refractivity contribution in [2.75, 3.05) is 13.1 Å². The van der Waals surface area contributed by atoms with Crippen LogP contribution in [-0.2, 0) is 12.8 Å². The lowest BCUT2D eigenvalue weighted by atomic mass is 10.1. The van der Waals surface area contributed by atoms with Gasteiger partial charge in [0.1, 0.15) is 5.69 Å². The first-order chi connectivity index (χ1) is 10.2. The van der Waals surface area contributed by atoms with Crippen molar-refractivity contribution in [3.05, 3.63) is 28.3 Å². The Morgan fingerprint density at radius 3 is 2.81 bits per heavy atom. The van der Waals surface area contributed by atoms with E-state index in [-0.39, 0.29) is 5.91 Å². The maximum atomic E-state index is 12.5. The van der Waals surface area contributed by atoms with Gasteiger partial charge in [0.05, 0.1) is 5.69 Å². The van der Waals surface area contributed by atoms with E-state index in [1.807, 2.05) is 4.90 Å². The van der Waals surface area contributed by atoms with E-state index < -0.39 is 0 Å². The Kier molecular flexibility index (Phi) is 2.80. The van der Waals surface area contributed by atoms with E-state index >= 15 is 0 Å². The zero-order valence-electron chi connectivity index (χ0n) is 11.9. The number of carbonyl (C=O) groups excluding carboxylic acids is 1. The minimum atomic E-state index is -0.0974. The molecule has 21 heavy (non-hydrogen) atoms. The van der Waals surface area contributed by atoms with Crippen LogP contribution in [0.15, 0.2) is 4.63 Å². The van der Waals surface area contributed by atoms with Crippen LogP contribution in [-0.4, -0.2) is 44.4 Å². The van der Waals surface area contributed by atoms with Gasteiger partial charge in [0.2, 0.25) is 0 Å². The number of H-pyrrole nitrogens is 1. The molecule has 7 heteroatoms. The van der Waals surface area contributed by atoms with Crippen LogP contribution in [0.2, 0.25) is 0 Å². The van der Waals surface area contributed by atoms with Crippen LogP contribution in [0.3, 0.4) is 0 Å². The summed E-state index contributed by atoms with van der Waals surface area (Å²) in [6.45, 7) is 3.10. The summed E-state index contributed by atoms with van der Waals surface area (Å²) in [4.78, 5) is 14.3. The molecule has 0 unspecified atom stereocenters. The van der Waals surface area contributed by atoms with E-state index in [4.69, 9.17) is 0 Å². The van der Waals surface area contributed by atoms with Gasteiger partial charge in [-0.05, 0) is 36.9 Å². The molecule has 0 radical (unpaired) electrons. The Morgan fingerprint density at radius 1 is 1.29 bits per heavy atom. The third-order valence-corrected chi connectivity index (χ3v) is 4.35. The first-order valence-electron chi connectivity index (χ1n) is 7.38. The van der Waals surface area contributed by atoms with Crippen LogP contribution in [0.5, 0.6) is 0 Å². The van der Waals surface area contributed by atoms with E-state index in [0.29, 0.717) is 30.4 Å². The third kappa shape index (κ3) is 2.12. The lowest BCUT2D eigenvalue weighted by molar-refractivity contribution is 0.0751. The highest BCUT2D eigenvalue weighted by Crippen LogP contribution is 2.41. The Bertz CT molecular complexity index is 685. The second-order valence-electron chi connectivity index (χ2n) is 5.83. The van der Waals surface area contributed by atoms with Crippen molar-refractivity contribution in [1.82, 2.24) is 25.4 Å². The lowest BCUT2D eigenvalue weighted by Gasteiger charge is -2.18. The molecule has 1 aliphatic heterocycles. The topological polar surface area (TPSA) is 87.9 Å². The normalized spacial score (nSPS) is 18.4. The predicted octanol–water partition coefficient (Wildman–Crippen LogP) is 1.22. The number of aryl methyl sites for hydroxylation is 1. The lowest BCUT2D eigenvalue weighted by Crippen LogP contribution is -2.34. The predicted molar refractivity (Wildman–Crippen MR) is 72.9 cm³/mol. The average molecular weight is 287 g/mol. The van der Waals surface area contributed by atoms with E-state index in [1.165, 1.54) is 29.8 Å². The van der Waals surface area contributed by atoms with Gasteiger partial charge in [-0.1, -0.05) is 5.16 Å². The van der Waals surface area contributed by atoms with E-state index in [0.717, 1.165) is 12.8 Å². The van der Waals surface area contributed by atoms with Crippen LogP contribution < -0.4 is 0 Å². The highest BCUT2D eigenvalue weighted by atomic mass is 16.6. The quantitative estimate of drug-likeness (QED) is 0.897. The zero-order valence-corrected chi connectivity index (χ0v) is 11.9. The van der Waals surface area contributed by atoms with Crippen molar-refractivity contribution in [2.24, 2.45) is 0 Å². The Hall–Kier alpha value is -2.18. The maximum Gasteiger partial charge on any atom is 0.278 e. The number of aromatic nitrogens is 4. The number of nitrogens with zero attached hydrogens (tertiary/aromatic N) is 4. The molecule has 0 bridgehead atoms. The molecule has 2 aromatic rings. The van der Waals surface area contributed by atoms with Crippen molar-refractivity contribution in [3.63, 3.8) is 0 Å². The average Bonchev–Trinajstić information content (AvgIpc) is 3.18. The summed E-state index contributed by atoms with van der Waals surface area (Å²) < 4.78 is 4.63. The van der Waals surface area contributed by atoms with Crippen molar-refractivity contribution >= 4 is 5.91 Å². The highest BCUT2D eigenvalue weighted by molar-refractivity contribution is 5.93. The molecule has 7 nitrogen and oxygen atoms in total. The van der Waals surface area contributed by atoms with E-state index in [2.05, 4.69) is 25.1 Å². The van der Waals surface area contributed by atoms with Gasteiger partial charge in [-0.3, -0.25) is 9.89 Å². The van der Waals surface area contributed by atoms with Crippen LogP contribution in [0.25, 0.3) is 0 Å². The fourth-order valence-corrected chi connectivity index (χ4v) is 2.98. The number of rotatable bonds is 2. The second kappa shape index (κ2) is 4.68. The summed E-state index contributed by atoms with van der Waals surface area (Å²) in [5.41, 5.74) is 4.59. The summed E-state index contributed by atoms with van der Waals surface area (Å²) in [5.74, 6) is 0.536. The maximum absolute atomic E-state index is 12.5. The molecular formula is C14H17N5O2. The van der Waals surface area contributed by atoms with Crippen LogP contribution >= 0.6 is 0 Å². The molecule has 2 aliphatic rings. The summed E-state index contributed by atoms with van der Waals surface area (Å²) >= 11 is 0. The van der Waals surface area contributed by atoms with Crippen molar-refractivity contribution in [2.45, 2.75) is 38.5 Å². The van der Waals surface area contributed by atoms with Gasteiger partial charge in [-0.25, -0.2) is 4.63 Å². The summed E-state index contributed by atoms with van der Waals surface area (Å²) in [6, 6.07) is 0. The number of nitrogens with one attached hydrogen (secondary N) is 1. The number of hydrogen-bond acceptors (Lipinski definition) is 5. The van der Waals surface area contributed by atoms with E-state index in [1.54, 1.807) is 6.92 Å². The number of aromatic amines is 1. The first-order valence-corrected chi connectivity index (χ1v) is 7.38. The van der Waals surface area contributed by atoms with Crippen LogP contribution in [0, 0.1) is 6.92 Å². The molecule has 0 spiro atoms. The molecule has 110 valence electrons. The SMILES string of the molecule is Cc1nonc1C(=O)N1CCc2[nH]nc(C3CC3)c2CC1. The molecule has 0 saturated heterocycles. The Balaban J connectivity index is 1.54. The van der Waals surface area contributed by atoms with Crippen LogP contribution in [0.4, 0.5) is 0 Å². The smallest absolute Gasteiger partial charge is 0.278 e. The Labute approximate surface area is 121 Å². The number of fused-ring (bicyclic) bond motifs is 1. The van der Waals surface area contributed by atoms with Crippen molar-refractivity contribution < 1.29 is 9.42 Å². The molecule has 0 aromatic carbocycles. The van der Waals surface area contributed by atoms with Gasteiger partial charge in [-0.15, -0.1) is 0 Å². The minimum absolute atomic E-state index is 0.0974. The van der Waals surface area contributed by atoms with Crippen molar-refractivity contribution in [1.29, 1.82) is 0 Å². The molecule has 1 fully saturated rings. The molecule has 1 amide bonds. The Morgan fingerprint density at radius 2 is 2.10 bits per heavy atom. The summed E-state index contributed by atoms with van der Waals surface area (Å²) in [5, 5.41) is 15.0. The molecular weight excluding hydrogens is 270 g/mol. The van der Waals surface area contributed by atoms with Crippen molar-refractivity contribution in [3.8, 4) is 0 Å². The van der Waals surface area contributed by atoms with Gasteiger partial charge < -0.3 is 4.90 Å². The monoisotopic (exact) mass is 287 g/mol. The minimum Gasteiger partial charge on any atom is -0.336 e. The zero-order chi connectivity index (χ0) is 14.4. The van der Waals surface area contributed by atoms with Gasteiger partial charge >= 0.3 is 0 Å². The van der Waals surface area contributed by atoms with E-state index in [9.17, 15) is 4.79 Å². The molecule has 1 N–H and O–H groups in total. The highest BCUT2D eigenvalue weighted by Gasteiger charge is 2.32. The fourth-order valence-electron chi connectivity index (χ4n) is 2.98. The molecule has 3 heterocycles. The third-order valence-electron chi connectivity index (χ3n) is 4.35. The fraction of sp³-hybridized carbons (Fsp3) is 0.571. The van der Waals surface area contributed by atoms with Gasteiger partial charge in [-0.2, -0.15) is 5.10 Å². The number of hydrogen-bond donors (Lipinski definition) is 1. The van der Waals surface area contributed by atoms with Gasteiger partial charge in [0.15, 0.2) is 5.69 Å². The molecule has 4 rings (SSSR count).